The van der Waals surface area contributed by atoms with Gasteiger partial charge in [0.15, 0.2) is 11.7 Å². The van der Waals surface area contributed by atoms with Crippen LogP contribution in [0.15, 0.2) is 82.4 Å². The zero-order chi connectivity index (χ0) is 21.2. The van der Waals surface area contributed by atoms with Crippen LogP contribution in [-0.4, -0.2) is 25.0 Å². The topological polar surface area (TPSA) is 78.7 Å². The van der Waals surface area contributed by atoms with E-state index in [0.29, 0.717) is 6.54 Å². The fourth-order valence-electron chi connectivity index (χ4n) is 3.07. The molecule has 1 unspecified atom stereocenters. The van der Waals surface area contributed by atoms with Crippen LogP contribution in [0.4, 0.5) is 5.69 Å². The summed E-state index contributed by atoms with van der Waals surface area (Å²) in [7, 11) is 1.76. The number of hydrogen-bond donors (Lipinski definition) is 3. The van der Waals surface area contributed by atoms with Crippen LogP contribution in [0.5, 0.6) is 0 Å². The SMILES string of the molecule is CN=C(NCc1cccc(NC(=O)c2ccco2)c1)NC(C)CCc1ccccc1.I. The van der Waals surface area contributed by atoms with Crippen LogP contribution in [0.2, 0.25) is 0 Å². The van der Waals surface area contributed by atoms with Crippen molar-refractivity contribution in [3.05, 3.63) is 89.9 Å². The maximum atomic E-state index is 12.1. The number of furan rings is 1. The summed E-state index contributed by atoms with van der Waals surface area (Å²) in [6.07, 6.45) is 3.51. The first-order valence-electron chi connectivity index (χ1n) is 10.1. The molecule has 0 aliphatic heterocycles. The molecule has 0 fully saturated rings. The molecule has 0 saturated heterocycles. The van der Waals surface area contributed by atoms with Crippen molar-refractivity contribution in [3.8, 4) is 0 Å². The fourth-order valence-corrected chi connectivity index (χ4v) is 3.07. The Labute approximate surface area is 200 Å². The highest BCUT2D eigenvalue weighted by molar-refractivity contribution is 14.0. The molecular formula is C24H29IN4O2. The highest BCUT2D eigenvalue weighted by Crippen LogP contribution is 2.13. The summed E-state index contributed by atoms with van der Waals surface area (Å²) in [5.74, 6) is 0.767. The van der Waals surface area contributed by atoms with Crippen molar-refractivity contribution in [2.24, 2.45) is 4.99 Å². The molecule has 0 radical (unpaired) electrons. The number of rotatable bonds is 8. The second-order valence-corrected chi connectivity index (χ2v) is 7.13. The van der Waals surface area contributed by atoms with Gasteiger partial charge in [-0.1, -0.05) is 42.5 Å². The smallest absolute Gasteiger partial charge is 0.291 e. The summed E-state index contributed by atoms with van der Waals surface area (Å²) >= 11 is 0. The van der Waals surface area contributed by atoms with Crippen LogP contribution in [0.3, 0.4) is 0 Å². The molecule has 1 aromatic heterocycles. The molecule has 7 heteroatoms. The van der Waals surface area contributed by atoms with E-state index in [1.165, 1.54) is 11.8 Å². The number of amides is 1. The molecule has 164 valence electrons. The molecule has 3 rings (SSSR count). The van der Waals surface area contributed by atoms with Crippen LogP contribution in [-0.2, 0) is 13.0 Å². The molecule has 2 aromatic carbocycles. The highest BCUT2D eigenvalue weighted by atomic mass is 127. The van der Waals surface area contributed by atoms with Gasteiger partial charge in [-0.3, -0.25) is 9.79 Å². The van der Waals surface area contributed by atoms with Gasteiger partial charge in [0.05, 0.1) is 6.26 Å². The molecule has 0 saturated carbocycles. The first-order valence-corrected chi connectivity index (χ1v) is 10.1. The fraction of sp³-hybridized carbons (Fsp3) is 0.250. The zero-order valence-electron chi connectivity index (χ0n) is 17.8. The number of aliphatic imine (C=N–C) groups is 1. The normalized spacial score (nSPS) is 11.9. The van der Waals surface area contributed by atoms with Crippen LogP contribution >= 0.6 is 24.0 Å². The van der Waals surface area contributed by atoms with Gasteiger partial charge < -0.3 is 20.4 Å². The molecule has 31 heavy (non-hydrogen) atoms. The van der Waals surface area contributed by atoms with Crippen molar-refractivity contribution in [2.45, 2.75) is 32.4 Å². The molecule has 3 aromatic rings. The third-order valence-electron chi connectivity index (χ3n) is 4.71. The van der Waals surface area contributed by atoms with Gasteiger partial charge in [-0.05, 0) is 55.2 Å². The Morgan fingerprint density at radius 3 is 2.52 bits per heavy atom. The van der Waals surface area contributed by atoms with Gasteiger partial charge in [0.25, 0.3) is 5.91 Å². The van der Waals surface area contributed by atoms with E-state index in [4.69, 9.17) is 4.42 Å². The number of hydrogen-bond acceptors (Lipinski definition) is 3. The molecule has 1 heterocycles. The number of anilines is 1. The molecule has 1 atom stereocenters. The Hall–Kier alpha value is -2.81. The van der Waals surface area contributed by atoms with Crippen LogP contribution < -0.4 is 16.0 Å². The second kappa shape index (κ2) is 12.8. The summed E-state index contributed by atoms with van der Waals surface area (Å²) in [5, 5.41) is 9.60. The summed E-state index contributed by atoms with van der Waals surface area (Å²) in [4.78, 5) is 16.4. The Bertz CT molecular complexity index is 959. The van der Waals surface area contributed by atoms with Gasteiger partial charge in [-0.2, -0.15) is 0 Å². The van der Waals surface area contributed by atoms with E-state index >= 15 is 0 Å². The van der Waals surface area contributed by atoms with Crippen molar-refractivity contribution in [3.63, 3.8) is 0 Å². The number of nitrogens with one attached hydrogen (secondary N) is 3. The minimum absolute atomic E-state index is 0. The Morgan fingerprint density at radius 2 is 1.81 bits per heavy atom. The molecule has 6 nitrogen and oxygen atoms in total. The summed E-state index contributed by atoms with van der Waals surface area (Å²) in [6.45, 7) is 2.75. The molecule has 3 N–H and O–H groups in total. The summed E-state index contributed by atoms with van der Waals surface area (Å²) in [5.41, 5.74) is 3.09. The number of halogens is 1. The molecular weight excluding hydrogens is 503 g/mol. The average Bonchev–Trinajstić information content (AvgIpc) is 3.31. The largest absolute Gasteiger partial charge is 0.459 e. The summed E-state index contributed by atoms with van der Waals surface area (Å²) in [6, 6.07) is 21.8. The Morgan fingerprint density at radius 1 is 1.03 bits per heavy atom. The lowest BCUT2D eigenvalue weighted by Gasteiger charge is -2.18. The van der Waals surface area contributed by atoms with Crippen molar-refractivity contribution in [1.29, 1.82) is 0 Å². The first kappa shape index (κ1) is 24.5. The zero-order valence-corrected chi connectivity index (χ0v) is 20.1. The van der Waals surface area contributed by atoms with Gasteiger partial charge >= 0.3 is 0 Å². The maximum Gasteiger partial charge on any atom is 0.291 e. The van der Waals surface area contributed by atoms with E-state index in [0.717, 1.165) is 30.1 Å². The summed E-state index contributed by atoms with van der Waals surface area (Å²) < 4.78 is 5.13. The number of guanidine groups is 1. The van der Waals surface area contributed by atoms with E-state index in [1.807, 2.05) is 30.3 Å². The third-order valence-corrected chi connectivity index (χ3v) is 4.71. The quantitative estimate of drug-likeness (QED) is 0.221. The lowest BCUT2D eigenvalue weighted by molar-refractivity contribution is 0.0996. The van der Waals surface area contributed by atoms with Gasteiger partial charge in [0.1, 0.15) is 0 Å². The Balaban J connectivity index is 0.00000341. The molecule has 0 bridgehead atoms. The van der Waals surface area contributed by atoms with E-state index in [-0.39, 0.29) is 41.7 Å². The minimum Gasteiger partial charge on any atom is -0.459 e. The molecule has 0 aliphatic rings. The lowest BCUT2D eigenvalue weighted by atomic mass is 10.1. The van der Waals surface area contributed by atoms with Crippen LogP contribution in [0.25, 0.3) is 0 Å². The highest BCUT2D eigenvalue weighted by Gasteiger charge is 2.09. The van der Waals surface area contributed by atoms with Gasteiger partial charge in [0.2, 0.25) is 0 Å². The van der Waals surface area contributed by atoms with Crippen LogP contribution in [0.1, 0.15) is 35.0 Å². The molecule has 0 aliphatic carbocycles. The van der Waals surface area contributed by atoms with Crippen LogP contribution in [0, 0.1) is 0 Å². The van der Waals surface area contributed by atoms with E-state index < -0.39 is 0 Å². The lowest BCUT2D eigenvalue weighted by Crippen LogP contribution is -2.42. The Kier molecular flexibility index (Phi) is 10.1. The van der Waals surface area contributed by atoms with Gasteiger partial charge in [-0.15, -0.1) is 24.0 Å². The van der Waals surface area contributed by atoms with Crippen molar-refractivity contribution < 1.29 is 9.21 Å². The number of nitrogens with zero attached hydrogens (tertiary/aromatic N) is 1. The van der Waals surface area contributed by atoms with Gasteiger partial charge in [-0.25, -0.2) is 0 Å². The molecule has 1 amide bonds. The van der Waals surface area contributed by atoms with Crippen molar-refractivity contribution >= 4 is 41.5 Å². The number of carbonyl (C=O) groups excluding carboxylic acids is 1. The number of aryl methyl sites for hydroxylation is 1. The van der Waals surface area contributed by atoms with Gasteiger partial charge in [0, 0.05) is 25.3 Å². The predicted molar refractivity (Wildman–Crippen MR) is 136 cm³/mol. The predicted octanol–water partition coefficient (Wildman–Crippen LogP) is 4.84. The maximum absolute atomic E-state index is 12.1. The van der Waals surface area contributed by atoms with E-state index in [1.54, 1.807) is 19.2 Å². The minimum atomic E-state index is -0.269. The van der Waals surface area contributed by atoms with Crippen molar-refractivity contribution in [1.82, 2.24) is 10.6 Å². The van der Waals surface area contributed by atoms with E-state index in [2.05, 4.69) is 52.1 Å². The molecule has 0 spiro atoms. The van der Waals surface area contributed by atoms with E-state index in [9.17, 15) is 4.79 Å². The monoisotopic (exact) mass is 532 g/mol. The third kappa shape index (κ3) is 8.09. The second-order valence-electron chi connectivity index (χ2n) is 7.13. The number of benzene rings is 2. The average molecular weight is 532 g/mol. The number of carbonyl (C=O) groups is 1. The first-order chi connectivity index (χ1) is 14.6. The standard InChI is InChI=1S/C24H28N4O2.HI/c1-18(13-14-19-8-4-3-5-9-19)27-24(25-2)26-17-20-10-6-11-21(16-20)28-23(29)22-12-7-15-30-22;/h3-12,15-16,18H,13-14,17H2,1-2H3,(H,28,29)(H2,25,26,27);1H. The van der Waals surface area contributed by atoms with Crippen molar-refractivity contribution in [2.75, 3.05) is 12.4 Å².